The van der Waals surface area contributed by atoms with E-state index in [9.17, 15) is 49.2 Å². The van der Waals surface area contributed by atoms with E-state index >= 15 is 0 Å². The quantitative estimate of drug-likeness (QED) is 0.0563. The minimum Gasteiger partial charge on any atom is -0.508 e. The highest BCUT2D eigenvalue weighted by Crippen LogP contribution is 2.47. The Bertz CT molecular complexity index is 3780. The van der Waals surface area contributed by atoms with Gasteiger partial charge in [-0.2, -0.15) is 0 Å². The highest BCUT2D eigenvalue weighted by Gasteiger charge is 2.31. The number of aromatic hydroxyl groups is 1. The van der Waals surface area contributed by atoms with E-state index in [0.717, 1.165) is 11.8 Å². The van der Waals surface area contributed by atoms with Gasteiger partial charge in [-0.1, -0.05) is 29.3 Å². The number of halogens is 2. The molecular weight excluding hydrogens is 947 g/mol. The first kappa shape index (κ1) is 46.2. The zero-order chi connectivity index (χ0) is 49.9. The minimum absolute atomic E-state index is 0.0208. The largest absolute Gasteiger partial charge is 0.508 e. The minimum atomic E-state index is -1.48. The molecule has 1 aromatic heterocycles. The van der Waals surface area contributed by atoms with Gasteiger partial charge in [-0.05, 0) is 84.4 Å². The molecule has 0 radical (unpaired) electrons. The number of hydrogen-bond acceptors (Lipinski definition) is 12. The van der Waals surface area contributed by atoms with Crippen LogP contribution in [-0.4, -0.2) is 64.2 Å². The van der Waals surface area contributed by atoms with Gasteiger partial charge < -0.3 is 54.6 Å². The smallest absolute Gasteiger partial charge is 0.337 e. The van der Waals surface area contributed by atoms with E-state index in [0.29, 0.717) is 27.5 Å². The lowest BCUT2D eigenvalue weighted by Crippen LogP contribution is -2.26. The summed E-state index contributed by atoms with van der Waals surface area (Å²) in [5, 5.41) is 54.5. The van der Waals surface area contributed by atoms with E-state index in [1.165, 1.54) is 72.8 Å². The van der Waals surface area contributed by atoms with Crippen molar-refractivity contribution in [3.05, 3.63) is 168 Å². The van der Waals surface area contributed by atoms with Gasteiger partial charge in [0.2, 0.25) is 0 Å². The number of hydrogen-bond donors (Lipinski definition) is 7. The maximum absolute atomic E-state index is 13.7. The van der Waals surface area contributed by atoms with E-state index in [1.54, 1.807) is 18.2 Å². The molecule has 70 heavy (non-hydrogen) atoms. The number of aromatic carboxylic acids is 3. The van der Waals surface area contributed by atoms with Gasteiger partial charge in [0.25, 0.3) is 11.8 Å². The lowest BCUT2D eigenvalue weighted by molar-refractivity contribution is 0.0682. The fraction of sp³-hybridized carbons (Fsp3) is 0.0784. The zero-order valence-electron chi connectivity index (χ0n) is 36.4. The third-order valence-electron chi connectivity index (χ3n) is 11.6. The SMILES string of the molecule is CN(C)c1ccc2c(-c3c(Cl)cc(C(=O)NCc4ccc(C(=O)NCc5c6oc7cc(O)ccc7c(-c7ccc(C(=O)O)cc7C(=O)O)c-6ccc5=O)o4)c(Cl)c3C(=O)O)c3ccc(=N)cc-3oc2c1. The number of phenols is 1. The fourth-order valence-electron chi connectivity index (χ4n) is 8.29. The first-order valence-corrected chi connectivity index (χ1v) is 21.6. The monoisotopic (exact) mass is 980 g/mol. The molecule has 0 bridgehead atoms. The summed E-state index contributed by atoms with van der Waals surface area (Å²) in [6, 6.07) is 24.2. The van der Waals surface area contributed by atoms with Crippen LogP contribution in [0.25, 0.3) is 66.8 Å². The first-order valence-electron chi connectivity index (χ1n) is 20.9. The van der Waals surface area contributed by atoms with Crippen LogP contribution >= 0.6 is 23.2 Å². The van der Waals surface area contributed by atoms with Gasteiger partial charge in [0, 0.05) is 76.6 Å². The van der Waals surface area contributed by atoms with Crippen LogP contribution < -0.4 is 26.3 Å². The molecule has 0 saturated carbocycles. The molecule has 5 aromatic rings. The Morgan fingerprint density at radius 2 is 1.34 bits per heavy atom. The molecule has 19 heteroatoms. The number of carboxylic acids is 3. The number of nitrogens with one attached hydrogen (secondary N) is 3. The molecule has 2 aliphatic carbocycles. The maximum Gasteiger partial charge on any atom is 0.337 e. The Morgan fingerprint density at radius 3 is 2.07 bits per heavy atom. The summed E-state index contributed by atoms with van der Waals surface area (Å²) in [4.78, 5) is 79.7. The number of fused-ring (bicyclic) bond motifs is 4. The molecule has 9 rings (SSSR count). The number of amides is 2. The Kier molecular flexibility index (Phi) is 11.8. The Morgan fingerprint density at radius 1 is 0.643 bits per heavy atom. The van der Waals surface area contributed by atoms with E-state index in [-0.39, 0.29) is 95.8 Å². The number of carbonyl (C=O) groups excluding carboxylic acids is 2. The lowest BCUT2D eigenvalue weighted by Gasteiger charge is -2.21. The summed E-state index contributed by atoms with van der Waals surface area (Å²) < 4.78 is 18.0. The average molecular weight is 982 g/mol. The normalized spacial score (nSPS) is 11.3. The highest BCUT2D eigenvalue weighted by molar-refractivity contribution is 6.41. The number of phenolic OH excluding ortho intramolecular Hbond substituents is 1. The van der Waals surface area contributed by atoms with Crippen LogP contribution in [0.5, 0.6) is 5.75 Å². The molecule has 350 valence electrons. The summed E-state index contributed by atoms with van der Waals surface area (Å²) in [6.45, 7) is -0.726. The lowest BCUT2D eigenvalue weighted by atomic mass is 9.88. The third-order valence-corrected chi connectivity index (χ3v) is 12.3. The van der Waals surface area contributed by atoms with Crippen molar-refractivity contribution >= 4 is 80.6 Å². The molecule has 2 aliphatic heterocycles. The summed E-state index contributed by atoms with van der Waals surface area (Å²) in [6.07, 6.45) is 0. The molecule has 0 fully saturated rings. The van der Waals surface area contributed by atoms with E-state index in [4.69, 9.17) is 41.9 Å². The Balaban J connectivity index is 0.974. The molecule has 0 unspecified atom stereocenters. The van der Waals surface area contributed by atoms with E-state index < -0.39 is 52.3 Å². The Hall–Kier alpha value is -8.93. The van der Waals surface area contributed by atoms with Gasteiger partial charge in [0.15, 0.2) is 11.2 Å². The molecule has 0 atom stereocenters. The van der Waals surface area contributed by atoms with Crippen LogP contribution in [0.2, 0.25) is 10.0 Å². The fourth-order valence-corrected chi connectivity index (χ4v) is 8.90. The summed E-state index contributed by atoms with van der Waals surface area (Å²) in [7, 11) is 3.69. The second kappa shape index (κ2) is 17.9. The van der Waals surface area contributed by atoms with Crippen molar-refractivity contribution in [2.75, 3.05) is 19.0 Å². The number of benzene rings is 6. The second-order valence-corrected chi connectivity index (χ2v) is 16.9. The first-order chi connectivity index (χ1) is 33.4. The maximum atomic E-state index is 13.7. The number of rotatable bonds is 12. The van der Waals surface area contributed by atoms with Crippen LogP contribution in [0.1, 0.15) is 63.3 Å². The van der Waals surface area contributed by atoms with Gasteiger partial charge in [-0.15, -0.1) is 0 Å². The number of carboxylic acid groups (broad SMARTS) is 3. The van der Waals surface area contributed by atoms with Gasteiger partial charge >= 0.3 is 17.9 Å². The van der Waals surface area contributed by atoms with Crippen LogP contribution in [0, 0.1) is 5.41 Å². The van der Waals surface area contributed by atoms with E-state index in [1.807, 2.05) is 25.1 Å². The molecule has 2 amide bonds. The van der Waals surface area contributed by atoms with Crippen molar-refractivity contribution in [2.24, 2.45) is 0 Å². The summed E-state index contributed by atoms with van der Waals surface area (Å²) >= 11 is 13.7. The van der Waals surface area contributed by atoms with Gasteiger partial charge in [0.05, 0.1) is 56.3 Å². The van der Waals surface area contributed by atoms with Crippen molar-refractivity contribution in [3.8, 4) is 50.7 Å². The molecule has 0 spiro atoms. The van der Waals surface area contributed by atoms with Crippen molar-refractivity contribution in [1.29, 1.82) is 5.41 Å². The predicted molar refractivity (Wildman–Crippen MR) is 257 cm³/mol. The average Bonchev–Trinajstić information content (AvgIpc) is 3.80. The number of furan rings is 1. The highest BCUT2D eigenvalue weighted by atomic mass is 35.5. The third kappa shape index (κ3) is 8.28. The van der Waals surface area contributed by atoms with Crippen molar-refractivity contribution in [3.63, 3.8) is 0 Å². The molecular formula is C51H34Cl2N4O13. The zero-order valence-corrected chi connectivity index (χ0v) is 37.9. The molecule has 17 nitrogen and oxygen atoms in total. The number of anilines is 1. The van der Waals surface area contributed by atoms with E-state index in [2.05, 4.69) is 10.6 Å². The van der Waals surface area contributed by atoms with Gasteiger partial charge in [-0.3, -0.25) is 14.4 Å². The van der Waals surface area contributed by atoms with Gasteiger partial charge in [-0.25, -0.2) is 14.4 Å². The second-order valence-electron chi connectivity index (χ2n) is 16.1. The van der Waals surface area contributed by atoms with Crippen molar-refractivity contribution in [2.45, 2.75) is 13.1 Å². The molecule has 4 aliphatic rings. The molecule has 4 aromatic carbocycles. The summed E-state index contributed by atoms with van der Waals surface area (Å²) in [5.74, 6) is -5.96. The van der Waals surface area contributed by atoms with Gasteiger partial charge in [0.1, 0.15) is 34.2 Å². The van der Waals surface area contributed by atoms with Crippen LogP contribution in [-0.2, 0) is 13.1 Å². The number of nitrogens with zero attached hydrogens (tertiary/aromatic N) is 1. The van der Waals surface area contributed by atoms with Crippen molar-refractivity contribution in [1.82, 2.24) is 10.6 Å². The standard InChI is InChI=1S/C51H34Cl2N4O13/c1-57(2)24-5-10-30-39(17-24)69-38-16-23(54)4-9-29(38)42(30)43-35(52)19-33(45(53)44(43)51(66)67)47(60)55-20-26-7-14-37(68-26)48(61)56-21-34-36(59)13-12-31-41(28-11-6-25(58)18-40(28)70-46(31)34)27-8-3-22(49(62)63)15-32(27)50(64)65/h3-19,54,58H,20-21H2,1-2H3,(H,55,60)(H,56,61)(H,62,63)(H,64,65)(H,66,67). The molecule has 0 saturated heterocycles. The predicted octanol–water partition coefficient (Wildman–Crippen LogP) is 9.19. The Labute approximate surface area is 403 Å². The topological polar surface area (TPSA) is 274 Å². The molecule has 3 heterocycles. The van der Waals surface area contributed by atoms with Crippen LogP contribution in [0.15, 0.2) is 121 Å². The number of carbonyl (C=O) groups is 5. The van der Waals surface area contributed by atoms with Crippen LogP contribution in [0.3, 0.4) is 0 Å². The summed E-state index contributed by atoms with van der Waals surface area (Å²) in [5.41, 5.74) is 0.656. The van der Waals surface area contributed by atoms with Crippen LogP contribution in [0.4, 0.5) is 5.69 Å². The molecule has 7 N–H and O–H groups in total. The van der Waals surface area contributed by atoms with Crippen molar-refractivity contribution < 1.29 is 57.7 Å².